The quantitative estimate of drug-likeness (QED) is 0.698. The Morgan fingerprint density at radius 1 is 1.47 bits per heavy atom. The SMILES string of the molecule is COc1ccc(CSC2CC(=O)N2CC(=O)[O-])cc1. The second kappa shape index (κ2) is 5.97. The van der Waals surface area contributed by atoms with Crippen molar-refractivity contribution in [3.63, 3.8) is 0 Å². The van der Waals surface area contributed by atoms with Crippen molar-refractivity contribution in [1.82, 2.24) is 4.90 Å². The molecular weight excluding hydrogens is 266 g/mol. The number of ether oxygens (including phenoxy) is 1. The lowest BCUT2D eigenvalue weighted by Gasteiger charge is -2.40. The number of nitrogens with zero attached hydrogens (tertiary/aromatic N) is 1. The van der Waals surface area contributed by atoms with Gasteiger partial charge in [0.1, 0.15) is 5.75 Å². The number of hydrogen-bond acceptors (Lipinski definition) is 5. The lowest BCUT2D eigenvalue weighted by Crippen LogP contribution is -2.54. The molecule has 0 aromatic heterocycles. The zero-order valence-corrected chi connectivity index (χ0v) is 11.3. The predicted octanol–water partition coefficient (Wildman–Crippen LogP) is 0.237. The van der Waals surface area contributed by atoms with Gasteiger partial charge in [0.05, 0.1) is 31.4 Å². The van der Waals surface area contributed by atoms with Crippen LogP contribution in [-0.4, -0.2) is 35.8 Å². The van der Waals surface area contributed by atoms with Crippen molar-refractivity contribution >= 4 is 23.6 Å². The van der Waals surface area contributed by atoms with Gasteiger partial charge in [-0.25, -0.2) is 0 Å². The Morgan fingerprint density at radius 2 is 2.16 bits per heavy atom. The molecule has 6 heteroatoms. The molecule has 1 amide bonds. The summed E-state index contributed by atoms with van der Waals surface area (Å²) in [7, 11) is 1.61. The van der Waals surface area contributed by atoms with Crippen LogP contribution in [-0.2, 0) is 15.3 Å². The van der Waals surface area contributed by atoms with Crippen LogP contribution in [0.2, 0.25) is 0 Å². The molecule has 1 unspecified atom stereocenters. The average molecular weight is 280 g/mol. The third kappa shape index (κ3) is 3.41. The predicted molar refractivity (Wildman–Crippen MR) is 69.4 cm³/mol. The van der Waals surface area contributed by atoms with Gasteiger partial charge >= 0.3 is 0 Å². The van der Waals surface area contributed by atoms with E-state index >= 15 is 0 Å². The van der Waals surface area contributed by atoms with E-state index in [1.165, 1.54) is 4.90 Å². The highest BCUT2D eigenvalue weighted by molar-refractivity contribution is 7.99. The lowest BCUT2D eigenvalue weighted by atomic mass is 10.2. The molecule has 2 rings (SSSR count). The fraction of sp³-hybridized carbons (Fsp3) is 0.385. The Morgan fingerprint density at radius 3 is 2.68 bits per heavy atom. The number of likely N-dealkylation sites (tertiary alicyclic amines) is 1. The van der Waals surface area contributed by atoms with Gasteiger partial charge in [0.25, 0.3) is 0 Å². The number of hydrogen-bond donors (Lipinski definition) is 0. The monoisotopic (exact) mass is 280 g/mol. The summed E-state index contributed by atoms with van der Waals surface area (Å²) in [6.07, 6.45) is 0.397. The zero-order chi connectivity index (χ0) is 13.8. The van der Waals surface area contributed by atoms with Crippen LogP contribution in [0.25, 0.3) is 0 Å². The summed E-state index contributed by atoms with van der Waals surface area (Å²) in [6.45, 7) is -0.320. The topological polar surface area (TPSA) is 69.7 Å². The van der Waals surface area contributed by atoms with Gasteiger partial charge in [0.2, 0.25) is 5.91 Å². The number of aliphatic carboxylic acids is 1. The van der Waals surface area contributed by atoms with E-state index in [0.717, 1.165) is 17.1 Å². The first-order valence-electron chi connectivity index (χ1n) is 5.84. The summed E-state index contributed by atoms with van der Waals surface area (Å²) in [5, 5.41) is 10.4. The van der Waals surface area contributed by atoms with Crippen molar-refractivity contribution in [3.05, 3.63) is 29.8 Å². The molecule has 1 aromatic rings. The van der Waals surface area contributed by atoms with Crippen LogP contribution in [0.4, 0.5) is 0 Å². The summed E-state index contributed by atoms with van der Waals surface area (Å²) in [6, 6.07) is 7.66. The highest BCUT2D eigenvalue weighted by Gasteiger charge is 2.35. The van der Waals surface area contributed by atoms with E-state index in [1.54, 1.807) is 18.9 Å². The number of β-lactam (4-membered cyclic amide) rings is 1. The molecule has 5 nitrogen and oxygen atoms in total. The molecule has 0 bridgehead atoms. The van der Waals surface area contributed by atoms with Gasteiger partial charge in [0, 0.05) is 5.75 Å². The summed E-state index contributed by atoms with van der Waals surface area (Å²) in [5.41, 5.74) is 1.11. The van der Waals surface area contributed by atoms with Crippen LogP contribution in [0.15, 0.2) is 24.3 Å². The molecule has 1 aliphatic heterocycles. The number of rotatable bonds is 6. The van der Waals surface area contributed by atoms with Crippen LogP contribution in [0.5, 0.6) is 5.75 Å². The molecule has 1 aromatic carbocycles. The van der Waals surface area contributed by atoms with Crippen LogP contribution in [0, 0.1) is 0 Å². The Hall–Kier alpha value is -1.69. The number of carboxylic acid groups (broad SMARTS) is 1. The van der Waals surface area contributed by atoms with E-state index in [-0.39, 0.29) is 17.8 Å². The van der Waals surface area contributed by atoms with E-state index in [9.17, 15) is 14.7 Å². The fourth-order valence-electron chi connectivity index (χ4n) is 1.82. The number of amides is 1. The van der Waals surface area contributed by atoms with Crippen LogP contribution in [0.3, 0.4) is 0 Å². The molecule has 1 heterocycles. The van der Waals surface area contributed by atoms with Crippen LogP contribution >= 0.6 is 11.8 Å². The first kappa shape index (κ1) is 13.7. The number of carboxylic acids is 1. The molecular formula is C13H14NO4S-. The number of thioether (sulfide) groups is 1. The second-order valence-corrected chi connectivity index (χ2v) is 5.38. The molecule has 1 fully saturated rings. The Balaban J connectivity index is 1.84. The summed E-state index contributed by atoms with van der Waals surface area (Å²) in [5.74, 6) is 0.177. The third-order valence-corrected chi connectivity index (χ3v) is 4.22. The number of carbonyl (C=O) groups is 2. The van der Waals surface area contributed by atoms with Crippen molar-refractivity contribution in [3.8, 4) is 5.75 Å². The van der Waals surface area contributed by atoms with Gasteiger partial charge in [-0.05, 0) is 17.7 Å². The van der Waals surface area contributed by atoms with Crippen molar-refractivity contribution in [2.45, 2.75) is 17.5 Å². The maximum Gasteiger partial charge on any atom is 0.226 e. The smallest absolute Gasteiger partial charge is 0.226 e. The van der Waals surface area contributed by atoms with Gasteiger partial charge < -0.3 is 19.5 Å². The lowest BCUT2D eigenvalue weighted by molar-refractivity contribution is -0.306. The summed E-state index contributed by atoms with van der Waals surface area (Å²) >= 11 is 1.56. The number of carbonyl (C=O) groups excluding carboxylic acids is 2. The maximum absolute atomic E-state index is 11.3. The standard InChI is InChI=1S/C13H15NO4S/c1-18-10-4-2-9(3-5-10)8-19-12-6-11(15)14(12)7-13(16)17/h2-5,12H,6-8H2,1H3,(H,16,17)/p-1. The van der Waals surface area contributed by atoms with Gasteiger partial charge in [0.15, 0.2) is 0 Å². The first-order valence-corrected chi connectivity index (χ1v) is 6.89. The Kier molecular flexibility index (Phi) is 4.31. The molecule has 1 saturated heterocycles. The normalized spacial score (nSPS) is 18.1. The third-order valence-electron chi connectivity index (χ3n) is 2.92. The van der Waals surface area contributed by atoms with Crippen molar-refractivity contribution in [2.24, 2.45) is 0 Å². The first-order chi connectivity index (χ1) is 9.10. The van der Waals surface area contributed by atoms with Gasteiger partial charge in [-0.1, -0.05) is 12.1 Å². The molecule has 102 valence electrons. The molecule has 1 aliphatic rings. The minimum Gasteiger partial charge on any atom is -0.548 e. The van der Waals surface area contributed by atoms with Crippen LogP contribution in [0.1, 0.15) is 12.0 Å². The summed E-state index contributed by atoms with van der Waals surface area (Å²) < 4.78 is 5.07. The van der Waals surface area contributed by atoms with Crippen molar-refractivity contribution < 1.29 is 19.4 Å². The van der Waals surface area contributed by atoms with Gasteiger partial charge in [-0.2, -0.15) is 0 Å². The highest BCUT2D eigenvalue weighted by atomic mass is 32.2. The second-order valence-electron chi connectivity index (χ2n) is 4.21. The maximum atomic E-state index is 11.3. The molecule has 0 radical (unpaired) electrons. The number of methoxy groups -OCH3 is 1. The Labute approximate surface area is 115 Å². The van der Waals surface area contributed by atoms with E-state index in [0.29, 0.717) is 6.42 Å². The van der Waals surface area contributed by atoms with E-state index in [1.807, 2.05) is 24.3 Å². The largest absolute Gasteiger partial charge is 0.548 e. The molecule has 0 saturated carbocycles. The van der Waals surface area contributed by atoms with E-state index in [4.69, 9.17) is 4.74 Å². The van der Waals surface area contributed by atoms with Crippen molar-refractivity contribution in [2.75, 3.05) is 13.7 Å². The fourth-order valence-corrected chi connectivity index (χ4v) is 3.03. The van der Waals surface area contributed by atoms with E-state index in [2.05, 4.69) is 0 Å². The van der Waals surface area contributed by atoms with E-state index < -0.39 is 5.97 Å². The molecule has 0 aliphatic carbocycles. The average Bonchev–Trinajstić information content (AvgIpc) is 2.41. The highest BCUT2D eigenvalue weighted by Crippen LogP contribution is 2.31. The van der Waals surface area contributed by atoms with Crippen LogP contribution < -0.4 is 9.84 Å². The molecule has 19 heavy (non-hydrogen) atoms. The van der Waals surface area contributed by atoms with Gasteiger partial charge in [-0.15, -0.1) is 11.8 Å². The Bertz CT molecular complexity index is 474. The minimum atomic E-state index is -1.22. The minimum absolute atomic E-state index is 0.0625. The molecule has 1 atom stereocenters. The molecule has 0 spiro atoms. The zero-order valence-electron chi connectivity index (χ0n) is 10.5. The number of benzene rings is 1. The summed E-state index contributed by atoms with van der Waals surface area (Å²) in [4.78, 5) is 23.1. The van der Waals surface area contributed by atoms with Crippen molar-refractivity contribution in [1.29, 1.82) is 0 Å². The van der Waals surface area contributed by atoms with Gasteiger partial charge in [-0.3, -0.25) is 4.79 Å². The molecule has 0 N–H and O–H groups in total.